The summed E-state index contributed by atoms with van der Waals surface area (Å²) in [4.78, 5) is 9.41. The van der Waals surface area contributed by atoms with Crippen LogP contribution in [0.4, 0.5) is 0 Å². The average molecular weight is 436 g/mol. The number of hydrogen-bond donors (Lipinski definition) is 1. The number of fused-ring (bicyclic) bond motifs is 4. The first-order valence-electron chi connectivity index (χ1n) is 10.7. The van der Waals surface area contributed by atoms with Crippen molar-refractivity contribution in [3.63, 3.8) is 0 Å². The fourth-order valence-electron chi connectivity index (χ4n) is 4.64. The van der Waals surface area contributed by atoms with Gasteiger partial charge >= 0.3 is 0 Å². The molecule has 0 amide bonds. The van der Waals surface area contributed by atoms with Crippen LogP contribution in [-0.4, -0.2) is 30.8 Å². The van der Waals surface area contributed by atoms with Crippen LogP contribution in [0.2, 0.25) is 0 Å². The van der Waals surface area contributed by atoms with Gasteiger partial charge in [0, 0.05) is 11.8 Å². The fraction of sp³-hybridized carbons (Fsp3) is 0.192. The number of amidine groups is 1. The average Bonchev–Trinajstić information content (AvgIpc) is 3.26. The first kappa shape index (κ1) is 19.5. The molecule has 0 radical (unpaired) electrons. The van der Waals surface area contributed by atoms with Crippen molar-refractivity contribution in [1.29, 1.82) is 5.26 Å². The molecule has 33 heavy (non-hydrogen) atoms. The largest absolute Gasteiger partial charge is 0.462 e. The van der Waals surface area contributed by atoms with Crippen molar-refractivity contribution in [2.75, 3.05) is 19.8 Å². The molecule has 1 aromatic heterocycles. The van der Waals surface area contributed by atoms with E-state index in [0.717, 1.165) is 34.2 Å². The minimum Gasteiger partial charge on any atom is -0.462 e. The Hall–Kier alpha value is -4.15. The number of rotatable bonds is 2. The second-order valence-corrected chi connectivity index (χ2v) is 8.24. The summed E-state index contributed by atoms with van der Waals surface area (Å²) < 4.78 is 17.4. The summed E-state index contributed by atoms with van der Waals surface area (Å²) in [7, 11) is 0. The number of benzene rings is 2. The molecular formula is C26H20N4O3. The van der Waals surface area contributed by atoms with Crippen LogP contribution in [0, 0.1) is 11.3 Å². The first-order valence-corrected chi connectivity index (χ1v) is 10.7. The maximum atomic E-state index is 9.30. The molecule has 4 heterocycles. The van der Waals surface area contributed by atoms with Crippen LogP contribution in [0.5, 0.6) is 11.6 Å². The molecule has 1 atom stereocenters. The fourth-order valence-corrected chi connectivity index (χ4v) is 4.64. The number of ether oxygens (including phenoxy) is 3. The molecule has 0 saturated carbocycles. The Kier molecular flexibility index (Phi) is 4.42. The van der Waals surface area contributed by atoms with E-state index in [1.165, 1.54) is 5.57 Å². The Morgan fingerprint density at radius 1 is 1.03 bits per heavy atom. The minimum absolute atomic E-state index is 0.140. The Morgan fingerprint density at radius 3 is 2.70 bits per heavy atom. The van der Waals surface area contributed by atoms with Gasteiger partial charge in [-0.3, -0.25) is 0 Å². The van der Waals surface area contributed by atoms with Crippen molar-refractivity contribution >= 4 is 11.6 Å². The van der Waals surface area contributed by atoms with E-state index in [2.05, 4.69) is 23.2 Å². The van der Waals surface area contributed by atoms with E-state index in [1.54, 1.807) is 6.07 Å². The maximum Gasteiger partial charge on any atom is 0.283 e. The SMILES string of the molecule is N#Cc1cccc(-c2ccc3c(c2)[C@@]2(COC(N)=N2)c2cc(C4=CCOCC4)cnc2O3)c1. The van der Waals surface area contributed by atoms with E-state index in [-0.39, 0.29) is 12.6 Å². The molecule has 0 saturated heterocycles. The standard InChI is InChI=1S/C26H20N4O3/c27-13-16-2-1-3-18(10-16)19-4-5-23-21(11-19)26(15-32-25(28)30-26)22-12-20(14-29-24(22)33-23)17-6-8-31-9-7-17/h1-6,10-12,14H,7-9,15H2,(H2,28,30)/t26-/m0/s1. The molecule has 7 nitrogen and oxygen atoms in total. The Bertz CT molecular complexity index is 1390. The number of nitrogens with zero attached hydrogens (tertiary/aromatic N) is 3. The zero-order valence-corrected chi connectivity index (χ0v) is 17.7. The highest BCUT2D eigenvalue weighted by Crippen LogP contribution is 2.51. The van der Waals surface area contributed by atoms with E-state index in [4.69, 9.17) is 24.9 Å². The van der Waals surface area contributed by atoms with E-state index < -0.39 is 5.54 Å². The molecule has 0 fully saturated rings. The van der Waals surface area contributed by atoms with Crippen molar-refractivity contribution < 1.29 is 14.2 Å². The van der Waals surface area contributed by atoms with Crippen molar-refractivity contribution in [2.45, 2.75) is 12.0 Å². The van der Waals surface area contributed by atoms with Crippen molar-refractivity contribution in [1.82, 2.24) is 4.98 Å². The van der Waals surface area contributed by atoms with E-state index in [1.807, 2.05) is 42.6 Å². The summed E-state index contributed by atoms with van der Waals surface area (Å²) in [5, 5.41) is 9.30. The predicted octanol–water partition coefficient (Wildman–Crippen LogP) is 4.12. The summed E-state index contributed by atoms with van der Waals surface area (Å²) in [6.45, 7) is 1.54. The van der Waals surface area contributed by atoms with Gasteiger partial charge in [-0.15, -0.1) is 0 Å². The molecule has 162 valence electrons. The topological polar surface area (TPSA) is 103 Å². The highest BCUT2D eigenvalue weighted by Gasteiger charge is 2.48. The van der Waals surface area contributed by atoms with Crippen molar-refractivity contribution in [2.24, 2.45) is 10.7 Å². The van der Waals surface area contributed by atoms with Crippen molar-refractivity contribution in [3.8, 4) is 28.8 Å². The molecule has 0 unspecified atom stereocenters. The van der Waals surface area contributed by atoms with Gasteiger partial charge in [-0.1, -0.05) is 24.3 Å². The third-order valence-corrected chi connectivity index (χ3v) is 6.32. The number of nitriles is 1. The molecule has 0 bridgehead atoms. The van der Waals surface area contributed by atoms with Gasteiger partial charge < -0.3 is 19.9 Å². The van der Waals surface area contributed by atoms with Crippen LogP contribution in [0.15, 0.2) is 65.8 Å². The summed E-state index contributed by atoms with van der Waals surface area (Å²) >= 11 is 0. The predicted molar refractivity (Wildman–Crippen MR) is 123 cm³/mol. The number of nitrogens with two attached hydrogens (primary N) is 1. The first-order chi connectivity index (χ1) is 16.2. The number of aromatic nitrogens is 1. The van der Waals surface area contributed by atoms with Gasteiger partial charge in [-0.25, -0.2) is 9.98 Å². The van der Waals surface area contributed by atoms with Crippen molar-refractivity contribution in [3.05, 3.63) is 83.1 Å². The summed E-state index contributed by atoms with van der Waals surface area (Å²) in [6.07, 6.45) is 4.74. The van der Waals surface area contributed by atoms with E-state index in [9.17, 15) is 5.26 Å². The van der Waals surface area contributed by atoms with Gasteiger partial charge in [-0.05, 0) is 59.0 Å². The number of aliphatic imine (C=N–C) groups is 1. The molecule has 3 aliphatic rings. The van der Waals surface area contributed by atoms with Crippen LogP contribution in [-0.2, 0) is 15.0 Å². The molecule has 3 aliphatic heterocycles. The van der Waals surface area contributed by atoms with Gasteiger partial charge in [0.25, 0.3) is 6.02 Å². The Morgan fingerprint density at radius 2 is 1.91 bits per heavy atom. The summed E-state index contributed by atoms with van der Waals surface area (Å²) in [5.41, 5.74) is 11.5. The molecule has 2 aromatic carbocycles. The number of hydrogen-bond acceptors (Lipinski definition) is 7. The second-order valence-electron chi connectivity index (χ2n) is 8.24. The maximum absolute atomic E-state index is 9.30. The second kappa shape index (κ2) is 7.47. The molecule has 0 aliphatic carbocycles. The lowest BCUT2D eigenvalue weighted by Crippen LogP contribution is -2.31. The van der Waals surface area contributed by atoms with E-state index in [0.29, 0.717) is 30.4 Å². The Balaban J connectivity index is 1.52. The van der Waals surface area contributed by atoms with Crippen LogP contribution in [0.3, 0.4) is 0 Å². The van der Waals surface area contributed by atoms with Crippen LogP contribution in [0.1, 0.15) is 28.7 Å². The lowest BCUT2D eigenvalue weighted by Gasteiger charge is -2.33. The van der Waals surface area contributed by atoms with Gasteiger partial charge in [0.2, 0.25) is 5.88 Å². The third kappa shape index (κ3) is 3.15. The number of pyridine rings is 1. The van der Waals surface area contributed by atoms with Gasteiger partial charge in [0.05, 0.1) is 30.4 Å². The van der Waals surface area contributed by atoms with E-state index >= 15 is 0 Å². The van der Waals surface area contributed by atoms with Crippen LogP contribution >= 0.6 is 0 Å². The minimum atomic E-state index is -0.857. The lowest BCUT2D eigenvalue weighted by atomic mass is 9.80. The molecule has 2 N–H and O–H groups in total. The van der Waals surface area contributed by atoms with Crippen LogP contribution in [0.25, 0.3) is 16.7 Å². The normalized spacial score (nSPS) is 20.6. The quantitative estimate of drug-likeness (QED) is 0.648. The zero-order valence-electron chi connectivity index (χ0n) is 17.7. The molecule has 3 aromatic rings. The monoisotopic (exact) mass is 436 g/mol. The smallest absolute Gasteiger partial charge is 0.283 e. The van der Waals surface area contributed by atoms with Gasteiger partial charge in [-0.2, -0.15) is 5.26 Å². The highest BCUT2D eigenvalue weighted by molar-refractivity contribution is 5.78. The summed E-state index contributed by atoms with van der Waals surface area (Å²) in [5.74, 6) is 1.16. The molecule has 7 heteroatoms. The lowest BCUT2D eigenvalue weighted by molar-refractivity contribution is 0.161. The highest BCUT2D eigenvalue weighted by atomic mass is 16.5. The van der Waals surface area contributed by atoms with Gasteiger partial charge in [0.1, 0.15) is 12.4 Å². The zero-order chi connectivity index (χ0) is 22.4. The van der Waals surface area contributed by atoms with Crippen LogP contribution < -0.4 is 10.5 Å². The molecular weight excluding hydrogens is 416 g/mol. The third-order valence-electron chi connectivity index (χ3n) is 6.32. The summed E-state index contributed by atoms with van der Waals surface area (Å²) in [6, 6.07) is 17.9. The molecule has 1 spiro atoms. The van der Waals surface area contributed by atoms with Gasteiger partial charge in [0.15, 0.2) is 5.54 Å². The Labute approximate surface area is 190 Å². The molecule has 6 rings (SSSR count).